The lowest BCUT2D eigenvalue weighted by Crippen LogP contribution is -2.14. The summed E-state index contributed by atoms with van der Waals surface area (Å²) in [6.07, 6.45) is 3.16. The number of rotatable bonds is 4. The third-order valence-corrected chi connectivity index (χ3v) is 4.98. The molecule has 0 saturated heterocycles. The van der Waals surface area contributed by atoms with Crippen molar-refractivity contribution >= 4 is 17.4 Å². The van der Waals surface area contributed by atoms with Gasteiger partial charge < -0.3 is 5.32 Å². The summed E-state index contributed by atoms with van der Waals surface area (Å²) >= 11 is 0. The van der Waals surface area contributed by atoms with E-state index in [1.165, 1.54) is 18.3 Å². The van der Waals surface area contributed by atoms with Crippen LogP contribution in [0.4, 0.5) is 10.2 Å². The van der Waals surface area contributed by atoms with Crippen molar-refractivity contribution in [2.45, 2.75) is 0 Å². The van der Waals surface area contributed by atoms with E-state index < -0.39 is 0 Å². The molecule has 0 atom stereocenters. The van der Waals surface area contributed by atoms with Crippen molar-refractivity contribution in [1.82, 2.24) is 24.4 Å². The van der Waals surface area contributed by atoms with Crippen molar-refractivity contribution in [2.24, 2.45) is 7.05 Å². The Balaban J connectivity index is 1.46. The van der Waals surface area contributed by atoms with Crippen molar-refractivity contribution in [1.29, 1.82) is 0 Å². The molecule has 0 aliphatic carbocycles. The average molecular weight is 412 g/mol. The summed E-state index contributed by atoms with van der Waals surface area (Å²) in [7, 11) is 1.73. The minimum atomic E-state index is -0.346. The van der Waals surface area contributed by atoms with Crippen LogP contribution in [0.1, 0.15) is 10.4 Å². The number of carbonyl (C=O) groups excluding carboxylic acids is 1. The summed E-state index contributed by atoms with van der Waals surface area (Å²) in [5.74, 6) is -0.159. The number of amides is 1. The molecular weight excluding hydrogens is 395 g/mol. The number of nitrogens with one attached hydrogen (secondary N) is 1. The normalized spacial score (nSPS) is 11.0. The molecule has 3 heterocycles. The van der Waals surface area contributed by atoms with Crippen LogP contribution in [0.25, 0.3) is 28.2 Å². The highest BCUT2D eigenvalue weighted by molar-refractivity contribution is 6.08. The van der Waals surface area contributed by atoms with Gasteiger partial charge in [0.15, 0.2) is 5.65 Å². The summed E-state index contributed by atoms with van der Waals surface area (Å²) < 4.78 is 16.4. The number of hydrogen-bond acceptors (Lipinski definition) is 4. The number of benzene rings is 2. The topological polar surface area (TPSA) is 77.1 Å². The molecule has 1 amide bonds. The molecule has 0 bridgehead atoms. The van der Waals surface area contributed by atoms with Crippen LogP contribution in [0.2, 0.25) is 0 Å². The highest BCUT2D eigenvalue weighted by Crippen LogP contribution is 2.24. The Morgan fingerprint density at radius 3 is 2.55 bits per heavy atom. The van der Waals surface area contributed by atoms with Gasteiger partial charge >= 0.3 is 0 Å². The summed E-state index contributed by atoms with van der Waals surface area (Å²) in [5.41, 5.74) is 4.00. The lowest BCUT2D eigenvalue weighted by atomic mass is 10.1. The first kappa shape index (κ1) is 18.7. The number of nitrogens with zero attached hydrogens (tertiary/aromatic N) is 5. The monoisotopic (exact) mass is 412 g/mol. The third-order valence-electron chi connectivity index (χ3n) is 4.98. The molecule has 0 saturated carbocycles. The predicted molar refractivity (Wildman–Crippen MR) is 115 cm³/mol. The maximum Gasteiger partial charge on any atom is 0.262 e. The molecule has 5 aromatic rings. The van der Waals surface area contributed by atoms with Crippen molar-refractivity contribution in [3.8, 4) is 22.5 Å². The molecule has 7 nitrogen and oxygen atoms in total. The minimum absolute atomic E-state index is 0.316. The first-order chi connectivity index (χ1) is 15.1. The van der Waals surface area contributed by atoms with Crippen molar-refractivity contribution in [3.63, 3.8) is 0 Å². The second kappa shape index (κ2) is 7.49. The summed E-state index contributed by atoms with van der Waals surface area (Å²) in [6.45, 7) is 0. The fourth-order valence-electron chi connectivity index (χ4n) is 3.41. The number of anilines is 1. The molecule has 0 unspecified atom stereocenters. The maximum absolute atomic E-state index is 13.2. The van der Waals surface area contributed by atoms with Gasteiger partial charge in [-0.2, -0.15) is 10.2 Å². The molecule has 0 aliphatic heterocycles. The highest BCUT2D eigenvalue weighted by atomic mass is 19.1. The Hall–Kier alpha value is -4.33. The van der Waals surface area contributed by atoms with E-state index >= 15 is 0 Å². The summed E-state index contributed by atoms with van der Waals surface area (Å²) in [6, 6.07) is 19.4. The van der Waals surface area contributed by atoms with Crippen LogP contribution in [-0.4, -0.2) is 30.3 Å². The quantitative estimate of drug-likeness (QED) is 0.480. The Kier molecular flexibility index (Phi) is 4.51. The van der Waals surface area contributed by atoms with Gasteiger partial charge in [-0.3, -0.25) is 9.48 Å². The van der Waals surface area contributed by atoms with Crippen LogP contribution in [-0.2, 0) is 7.05 Å². The first-order valence-electron chi connectivity index (χ1n) is 9.59. The predicted octanol–water partition coefficient (Wildman–Crippen LogP) is 4.19. The lowest BCUT2D eigenvalue weighted by molar-refractivity contribution is 0.102. The average Bonchev–Trinajstić information content (AvgIpc) is 3.38. The molecule has 5 rings (SSSR count). The van der Waals surface area contributed by atoms with Crippen molar-refractivity contribution in [2.75, 3.05) is 5.32 Å². The smallest absolute Gasteiger partial charge is 0.262 e. The number of fused-ring (bicyclic) bond motifs is 1. The molecule has 0 fully saturated rings. The van der Waals surface area contributed by atoms with Crippen LogP contribution in [0.15, 0.2) is 79.1 Å². The Morgan fingerprint density at radius 2 is 1.77 bits per heavy atom. The SMILES string of the molecule is Cn1nc(-c2ccc(F)cc2)cc1NC(=O)c1cnn2c(-c3ccccc3)ccnc12. The van der Waals surface area contributed by atoms with E-state index in [9.17, 15) is 9.18 Å². The fourth-order valence-corrected chi connectivity index (χ4v) is 3.41. The Labute approximate surface area is 176 Å². The second-order valence-corrected chi connectivity index (χ2v) is 6.99. The van der Waals surface area contributed by atoms with Gasteiger partial charge in [0.1, 0.15) is 17.2 Å². The van der Waals surface area contributed by atoms with Gasteiger partial charge in [-0.15, -0.1) is 0 Å². The second-order valence-electron chi connectivity index (χ2n) is 6.99. The number of halogens is 1. The largest absolute Gasteiger partial charge is 0.307 e. The van der Waals surface area contributed by atoms with Gasteiger partial charge in [0, 0.05) is 30.4 Å². The minimum Gasteiger partial charge on any atom is -0.307 e. The molecule has 152 valence electrons. The molecule has 8 heteroatoms. The van der Waals surface area contributed by atoms with E-state index in [1.54, 1.807) is 40.6 Å². The van der Waals surface area contributed by atoms with Crippen LogP contribution in [0, 0.1) is 5.82 Å². The van der Waals surface area contributed by atoms with E-state index in [2.05, 4.69) is 20.5 Å². The zero-order valence-corrected chi connectivity index (χ0v) is 16.5. The first-order valence-corrected chi connectivity index (χ1v) is 9.59. The third kappa shape index (κ3) is 3.44. The highest BCUT2D eigenvalue weighted by Gasteiger charge is 2.18. The van der Waals surface area contributed by atoms with Crippen LogP contribution in [0.5, 0.6) is 0 Å². The number of carbonyl (C=O) groups is 1. The Bertz CT molecular complexity index is 1390. The lowest BCUT2D eigenvalue weighted by Gasteiger charge is -2.06. The van der Waals surface area contributed by atoms with Crippen LogP contribution < -0.4 is 5.32 Å². The number of hydrogen-bond donors (Lipinski definition) is 1. The molecule has 1 N–H and O–H groups in total. The van der Waals surface area contributed by atoms with E-state index in [0.717, 1.165) is 16.8 Å². The standard InChI is InChI=1S/C23H17FN6O/c1-29-21(13-19(28-29)15-7-9-17(24)10-8-15)27-23(31)18-14-26-30-20(11-12-25-22(18)30)16-5-3-2-4-6-16/h2-14H,1H3,(H,27,31). The molecule has 3 aromatic heterocycles. The van der Waals surface area contributed by atoms with E-state index in [-0.39, 0.29) is 11.7 Å². The molecule has 0 radical (unpaired) electrons. The van der Waals surface area contributed by atoms with Crippen LogP contribution in [0.3, 0.4) is 0 Å². The summed E-state index contributed by atoms with van der Waals surface area (Å²) in [4.78, 5) is 17.3. The van der Waals surface area contributed by atoms with E-state index in [4.69, 9.17) is 0 Å². The molecular formula is C23H17FN6O. The fraction of sp³-hybridized carbons (Fsp3) is 0.0435. The van der Waals surface area contributed by atoms with Gasteiger partial charge in [-0.05, 0) is 30.3 Å². The van der Waals surface area contributed by atoms with Gasteiger partial charge in [0.2, 0.25) is 0 Å². The van der Waals surface area contributed by atoms with Crippen molar-refractivity contribution < 1.29 is 9.18 Å². The zero-order chi connectivity index (χ0) is 21.4. The van der Waals surface area contributed by atoms with Crippen molar-refractivity contribution in [3.05, 3.63) is 90.5 Å². The van der Waals surface area contributed by atoms with E-state index in [1.807, 2.05) is 36.4 Å². The van der Waals surface area contributed by atoms with Gasteiger partial charge in [-0.1, -0.05) is 30.3 Å². The molecule has 0 aliphatic rings. The number of aromatic nitrogens is 5. The molecule has 0 spiro atoms. The maximum atomic E-state index is 13.2. The molecule has 31 heavy (non-hydrogen) atoms. The van der Waals surface area contributed by atoms with Crippen LogP contribution >= 0.6 is 0 Å². The van der Waals surface area contributed by atoms with Gasteiger partial charge in [-0.25, -0.2) is 13.9 Å². The summed E-state index contributed by atoms with van der Waals surface area (Å²) in [5, 5.41) is 11.6. The zero-order valence-electron chi connectivity index (χ0n) is 16.5. The van der Waals surface area contributed by atoms with E-state index in [0.29, 0.717) is 22.7 Å². The van der Waals surface area contributed by atoms with Gasteiger partial charge in [0.05, 0.1) is 17.6 Å². The number of aryl methyl sites for hydroxylation is 1. The Morgan fingerprint density at radius 1 is 1.00 bits per heavy atom. The van der Waals surface area contributed by atoms with Gasteiger partial charge in [0.25, 0.3) is 5.91 Å². The molecule has 2 aromatic carbocycles.